The van der Waals surface area contributed by atoms with Crippen LogP contribution >= 0.6 is 11.3 Å². The molecule has 19 heavy (non-hydrogen) atoms. The van der Waals surface area contributed by atoms with E-state index in [0.29, 0.717) is 13.2 Å². The van der Waals surface area contributed by atoms with Crippen molar-refractivity contribution in [2.45, 2.75) is 13.0 Å². The number of nitrogens with one attached hydrogen (secondary N) is 2. The third-order valence-electron chi connectivity index (χ3n) is 2.42. The van der Waals surface area contributed by atoms with Crippen LogP contribution in [0.3, 0.4) is 0 Å². The van der Waals surface area contributed by atoms with Gasteiger partial charge in [-0.1, -0.05) is 6.07 Å². The average molecular weight is 285 g/mol. The van der Waals surface area contributed by atoms with E-state index >= 15 is 0 Å². The quantitative estimate of drug-likeness (QED) is 0.410. The fourth-order valence-electron chi connectivity index (χ4n) is 1.43. The summed E-state index contributed by atoms with van der Waals surface area (Å²) in [7, 11) is 3.45. The summed E-state index contributed by atoms with van der Waals surface area (Å²) in [5.74, 6) is 0.824. The van der Waals surface area contributed by atoms with Crippen molar-refractivity contribution in [3.63, 3.8) is 0 Å². The second-order valence-corrected chi connectivity index (χ2v) is 4.92. The summed E-state index contributed by atoms with van der Waals surface area (Å²) in [4.78, 5) is 5.47. The van der Waals surface area contributed by atoms with Crippen LogP contribution in [0.15, 0.2) is 22.5 Å². The molecule has 0 atom stereocenters. The normalized spacial score (nSPS) is 11.6. The van der Waals surface area contributed by atoms with Crippen molar-refractivity contribution in [3.05, 3.63) is 22.4 Å². The molecule has 0 aliphatic heterocycles. The van der Waals surface area contributed by atoms with Gasteiger partial charge in [0.25, 0.3) is 0 Å². The lowest BCUT2D eigenvalue weighted by Gasteiger charge is -2.11. The number of hydrogen-bond acceptors (Lipinski definition) is 4. The van der Waals surface area contributed by atoms with Crippen molar-refractivity contribution < 1.29 is 9.47 Å². The first-order chi connectivity index (χ1) is 9.36. The highest BCUT2D eigenvalue weighted by atomic mass is 32.1. The Morgan fingerprint density at radius 2 is 2.21 bits per heavy atom. The zero-order valence-electron chi connectivity index (χ0n) is 11.6. The standard InChI is InChI=1S/C13H23N3O2S/c1-14-13(16-11-12-5-3-10-19-12)15-6-4-7-18-9-8-17-2/h3,5,10H,4,6-9,11H2,1-2H3,(H2,14,15,16). The van der Waals surface area contributed by atoms with Gasteiger partial charge in [-0.15, -0.1) is 11.3 Å². The molecular formula is C13H23N3O2S. The van der Waals surface area contributed by atoms with Gasteiger partial charge in [0.05, 0.1) is 19.8 Å². The molecule has 1 rings (SSSR count). The molecule has 0 aromatic carbocycles. The van der Waals surface area contributed by atoms with Crippen LogP contribution in [-0.4, -0.2) is 46.5 Å². The molecule has 108 valence electrons. The van der Waals surface area contributed by atoms with E-state index in [4.69, 9.17) is 9.47 Å². The van der Waals surface area contributed by atoms with E-state index in [2.05, 4.69) is 33.1 Å². The van der Waals surface area contributed by atoms with Crippen LogP contribution < -0.4 is 10.6 Å². The maximum Gasteiger partial charge on any atom is 0.191 e. The first kappa shape index (κ1) is 15.9. The van der Waals surface area contributed by atoms with Crippen LogP contribution in [0.2, 0.25) is 0 Å². The molecule has 0 saturated carbocycles. The van der Waals surface area contributed by atoms with Gasteiger partial charge in [0, 0.05) is 32.2 Å². The average Bonchev–Trinajstić information content (AvgIpc) is 2.94. The van der Waals surface area contributed by atoms with E-state index in [-0.39, 0.29) is 0 Å². The molecule has 1 heterocycles. The lowest BCUT2D eigenvalue weighted by atomic mass is 10.4. The minimum atomic E-state index is 0.650. The predicted molar refractivity (Wildman–Crippen MR) is 79.8 cm³/mol. The molecule has 0 spiro atoms. The van der Waals surface area contributed by atoms with Gasteiger partial charge in [-0.25, -0.2) is 0 Å². The summed E-state index contributed by atoms with van der Waals surface area (Å²) in [6.45, 7) is 3.69. The Labute approximate surface area is 119 Å². The van der Waals surface area contributed by atoms with E-state index in [1.807, 2.05) is 0 Å². The smallest absolute Gasteiger partial charge is 0.191 e. The van der Waals surface area contributed by atoms with Gasteiger partial charge in [0.1, 0.15) is 0 Å². The topological polar surface area (TPSA) is 54.9 Å². The number of nitrogens with zero attached hydrogens (tertiary/aromatic N) is 1. The number of guanidine groups is 1. The van der Waals surface area contributed by atoms with Crippen molar-refractivity contribution in [2.75, 3.05) is 40.5 Å². The Balaban J connectivity index is 2.02. The summed E-state index contributed by atoms with van der Waals surface area (Å²) in [6, 6.07) is 4.16. The number of aliphatic imine (C=N–C) groups is 1. The van der Waals surface area contributed by atoms with Crippen molar-refractivity contribution in [1.82, 2.24) is 10.6 Å². The molecule has 2 N–H and O–H groups in total. The molecule has 1 aromatic heterocycles. The largest absolute Gasteiger partial charge is 0.382 e. The Kier molecular flexibility index (Phi) is 9.05. The third kappa shape index (κ3) is 7.81. The van der Waals surface area contributed by atoms with Crippen LogP contribution in [0, 0.1) is 0 Å². The Bertz CT molecular complexity index is 342. The van der Waals surface area contributed by atoms with Gasteiger partial charge >= 0.3 is 0 Å². The van der Waals surface area contributed by atoms with Gasteiger partial charge in [0.2, 0.25) is 0 Å². The van der Waals surface area contributed by atoms with E-state index in [1.165, 1.54) is 4.88 Å². The van der Waals surface area contributed by atoms with Gasteiger partial charge in [-0.2, -0.15) is 0 Å². The molecular weight excluding hydrogens is 262 g/mol. The Hall–Kier alpha value is -1.11. The number of hydrogen-bond donors (Lipinski definition) is 2. The molecule has 1 aromatic rings. The molecule has 5 nitrogen and oxygen atoms in total. The second-order valence-electron chi connectivity index (χ2n) is 3.89. The molecule has 0 radical (unpaired) electrons. The third-order valence-corrected chi connectivity index (χ3v) is 3.30. The highest BCUT2D eigenvalue weighted by molar-refractivity contribution is 7.09. The first-order valence-electron chi connectivity index (χ1n) is 6.40. The molecule has 0 saturated heterocycles. The van der Waals surface area contributed by atoms with Crippen molar-refractivity contribution in [1.29, 1.82) is 0 Å². The molecule has 0 fully saturated rings. The van der Waals surface area contributed by atoms with Crippen LogP contribution in [0.25, 0.3) is 0 Å². The van der Waals surface area contributed by atoms with Gasteiger partial charge in [0.15, 0.2) is 5.96 Å². The number of methoxy groups -OCH3 is 1. The lowest BCUT2D eigenvalue weighted by molar-refractivity contribution is 0.0698. The monoisotopic (exact) mass is 285 g/mol. The number of ether oxygens (including phenoxy) is 2. The molecule has 0 unspecified atom stereocenters. The van der Waals surface area contributed by atoms with Crippen LogP contribution in [0.1, 0.15) is 11.3 Å². The van der Waals surface area contributed by atoms with Crippen LogP contribution in [0.5, 0.6) is 0 Å². The van der Waals surface area contributed by atoms with E-state index in [0.717, 1.165) is 32.1 Å². The van der Waals surface area contributed by atoms with E-state index < -0.39 is 0 Å². The van der Waals surface area contributed by atoms with Crippen molar-refractivity contribution in [3.8, 4) is 0 Å². The van der Waals surface area contributed by atoms with E-state index in [9.17, 15) is 0 Å². The highest BCUT2D eigenvalue weighted by Gasteiger charge is 1.98. The zero-order chi connectivity index (χ0) is 13.8. The van der Waals surface area contributed by atoms with Gasteiger partial charge in [-0.05, 0) is 17.9 Å². The molecule has 0 aliphatic rings. The minimum Gasteiger partial charge on any atom is -0.382 e. The van der Waals surface area contributed by atoms with E-state index in [1.54, 1.807) is 25.5 Å². The fraction of sp³-hybridized carbons (Fsp3) is 0.615. The molecule has 0 aliphatic carbocycles. The van der Waals surface area contributed by atoms with Gasteiger partial charge in [-0.3, -0.25) is 4.99 Å². The first-order valence-corrected chi connectivity index (χ1v) is 7.28. The van der Waals surface area contributed by atoms with Crippen LogP contribution in [0.4, 0.5) is 0 Å². The zero-order valence-corrected chi connectivity index (χ0v) is 12.5. The lowest BCUT2D eigenvalue weighted by Crippen LogP contribution is -2.37. The minimum absolute atomic E-state index is 0.650. The number of thiophene rings is 1. The molecule has 6 heteroatoms. The fourth-order valence-corrected chi connectivity index (χ4v) is 2.07. The number of rotatable bonds is 9. The summed E-state index contributed by atoms with van der Waals surface area (Å²) in [5, 5.41) is 8.60. The van der Waals surface area contributed by atoms with Crippen molar-refractivity contribution >= 4 is 17.3 Å². The molecule has 0 bridgehead atoms. The summed E-state index contributed by atoms with van der Waals surface area (Å²) in [5.41, 5.74) is 0. The molecule has 0 amide bonds. The maximum atomic E-state index is 5.38. The summed E-state index contributed by atoms with van der Waals surface area (Å²) in [6.07, 6.45) is 0.948. The summed E-state index contributed by atoms with van der Waals surface area (Å²) >= 11 is 1.74. The summed E-state index contributed by atoms with van der Waals surface area (Å²) < 4.78 is 10.3. The Morgan fingerprint density at radius 1 is 1.32 bits per heavy atom. The maximum absolute atomic E-state index is 5.38. The van der Waals surface area contributed by atoms with Crippen LogP contribution in [-0.2, 0) is 16.0 Å². The highest BCUT2D eigenvalue weighted by Crippen LogP contribution is 2.06. The second kappa shape index (κ2) is 10.8. The predicted octanol–water partition coefficient (Wildman–Crippen LogP) is 1.47. The SMILES string of the molecule is CN=C(NCCCOCCOC)NCc1cccs1. The Morgan fingerprint density at radius 3 is 2.89 bits per heavy atom. The van der Waals surface area contributed by atoms with Gasteiger partial charge < -0.3 is 20.1 Å². The van der Waals surface area contributed by atoms with Crippen molar-refractivity contribution in [2.24, 2.45) is 4.99 Å².